The van der Waals surface area contributed by atoms with Crippen LogP contribution in [0.1, 0.15) is 16.7 Å². The molecule has 2 rings (SSSR count). The van der Waals surface area contributed by atoms with E-state index in [-0.39, 0.29) is 0 Å². The van der Waals surface area contributed by atoms with Crippen LogP contribution in [0, 0.1) is 22.7 Å². The molecule has 2 aromatic carbocycles. The van der Waals surface area contributed by atoms with Gasteiger partial charge in [-0.3, -0.25) is 0 Å². The quantitative estimate of drug-likeness (QED) is 0.922. The van der Waals surface area contributed by atoms with Crippen molar-refractivity contribution in [3.63, 3.8) is 0 Å². The number of hydrogen-bond donors (Lipinski definition) is 1. The van der Waals surface area contributed by atoms with Crippen LogP contribution in [0.2, 0.25) is 5.02 Å². The van der Waals surface area contributed by atoms with Crippen molar-refractivity contribution in [2.24, 2.45) is 0 Å². The zero-order chi connectivity index (χ0) is 13.7. The second-order valence-corrected chi connectivity index (χ2v) is 4.40. The minimum Gasteiger partial charge on any atom is -0.380 e. The fourth-order valence-corrected chi connectivity index (χ4v) is 1.88. The first-order valence-electron chi connectivity index (χ1n) is 5.65. The fourth-order valence-electron chi connectivity index (χ4n) is 1.71. The van der Waals surface area contributed by atoms with E-state index in [1.54, 1.807) is 24.3 Å². The summed E-state index contributed by atoms with van der Waals surface area (Å²) in [4.78, 5) is 0. The van der Waals surface area contributed by atoms with Crippen LogP contribution in [-0.4, -0.2) is 0 Å². The standard InChI is InChI=1S/C15H10ClN3/c16-14-5-4-13(9-18)15(7-14)19-10-12-3-1-2-11(6-12)8-17/h1-7,19H,10H2. The van der Waals surface area contributed by atoms with E-state index in [9.17, 15) is 0 Å². The topological polar surface area (TPSA) is 59.6 Å². The molecule has 1 N–H and O–H groups in total. The van der Waals surface area contributed by atoms with Gasteiger partial charge in [0.2, 0.25) is 0 Å². The number of hydrogen-bond acceptors (Lipinski definition) is 3. The lowest BCUT2D eigenvalue weighted by molar-refractivity contribution is 1.14. The van der Waals surface area contributed by atoms with Crippen LogP contribution in [0.5, 0.6) is 0 Å². The molecule has 0 amide bonds. The van der Waals surface area contributed by atoms with Crippen molar-refractivity contribution in [2.75, 3.05) is 5.32 Å². The zero-order valence-electron chi connectivity index (χ0n) is 10.0. The molecule has 19 heavy (non-hydrogen) atoms. The lowest BCUT2D eigenvalue weighted by Crippen LogP contribution is -2.01. The number of rotatable bonds is 3. The minimum absolute atomic E-state index is 0.532. The molecule has 0 spiro atoms. The van der Waals surface area contributed by atoms with E-state index in [1.165, 1.54) is 0 Å². The average molecular weight is 268 g/mol. The summed E-state index contributed by atoms with van der Waals surface area (Å²) in [5, 5.41) is 21.6. The third-order valence-electron chi connectivity index (χ3n) is 2.64. The van der Waals surface area contributed by atoms with Gasteiger partial charge in [-0.2, -0.15) is 10.5 Å². The first kappa shape index (κ1) is 13.0. The number of benzene rings is 2. The highest BCUT2D eigenvalue weighted by Crippen LogP contribution is 2.21. The van der Waals surface area contributed by atoms with Gasteiger partial charge in [-0.05, 0) is 35.9 Å². The number of anilines is 1. The molecule has 4 heteroatoms. The van der Waals surface area contributed by atoms with Crippen molar-refractivity contribution in [3.05, 3.63) is 64.2 Å². The molecule has 0 bridgehead atoms. The Bertz CT molecular complexity index is 681. The first-order chi connectivity index (χ1) is 9.22. The maximum atomic E-state index is 9.01. The maximum Gasteiger partial charge on any atom is 0.101 e. The highest BCUT2D eigenvalue weighted by molar-refractivity contribution is 6.30. The molecule has 0 aliphatic heterocycles. The van der Waals surface area contributed by atoms with E-state index < -0.39 is 0 Å². The normalized spacial score (nSPS) is 9.42. The molecule has 3 nitrogen and oxygen atoms in total. The van der Waals surface area contributed by atoms with Gasteiger partial charge in [-0.1, -0.05) is 23.7 Å². The van der Waals surface area contributed by atoms with Gasteiger partial charge < -0.3 is 5.32 Å². The largest absolute Gasteiger partial charge is 0.380 e. The molecular weight excluding hydrogens is 258 g/mol. The highest BCUT2D eigenvalue weighted by Gasteiger charge is 2.03. The van der Waals surface area contributed by atoms with Crippen LogP contribution in [0.15, 0.2) is 42.5 Å². The highest BCUT2D eigenvalue weighted by atomic mass is 35.5. The molecule has 0 unspecified atom stereocenters. The summed E-state index contributed by atoms with van der Waals surface area (Å²) in [6.07, 6.45) is 0. The molecule has 92 valence electrons. The van der Waals surface area contributed by atoms with Gasteiger partial charge in [0.15, 0.2) is 0 Å². The molecule has 0 aromatic heterocycles. The van der Waals surface area contributed by atoms with E-state index >= 15 is 0 Å². The van der Waals surface area contributed by atoms with Gasteiger partial charge in [-0.25, -0.2) is 0 Å². The molecule has 0 heterocycles. The Morgan fingerprint density at radius 2 is 1.89 bits per heavy atom. The van der Waals surface area contributed by atoms with Crippen LogP contribution in [0.4, 0.5) is 5.69 Å². The van der Waals surface area contributed by atoms with Crippen LogP contribution >= 0.6 is 11.6 Å². The Balaban J connectivity index is 2.17. The minimum atomic E-state index is 0.532. The van der Waals surface area contributed by atoms with Crippen molar-refractivity contribution in [2.45, 2.75) is 6.54 Å². The van der Waals surface area contributed by atoms with Gasteiger partial charge >= 0.3 is 0 Å². The predicted molar refractivity (Wildman–Crippen MR) is 74.7 cm³/mol. The lowest BCUT2D eigenvalue weighted by Gasteiger charge is -2.09. The van der Waals surface area contributed by atoms with Crippen LogP contribution in [-0.2, 0) is 6.54 Å². The summed E-state index contributed by atoms with van der Waals surface area (Å²) in [6, 6.07) is 16.6. The Hall–Kier alpha value is -2.49. The summed E-state index contributed by atoms with van der Waals surface area (Å²) in [5.74, 6) is 0. The molecule has 0 radical (unpaired) electrons. The van der Waals surface area contributed by atoms with E-state index in [1.807, 2.05) is 18.2 Å². The fraction of sp³-hybridized carbons (Fsp3) is 0.0667. The van der Waals surface area contributed by atoms with E-state index in [2.05, 4.69) is 17.5 Å². The molecule has 0 fully saturated rings. The summed E-state index contributed by atoms with van der Waals surface area (Å²) in [6.45, 7) is 0.532. The molecule has 0 aliphatic rings. The molecule has 0 atom stereocenters. The van der Waals surface area contributed by atoms with Crippen molar-refractivity contribution in [3.8, 4) is 12.1 Å². The Labute approximate surface area is 116 Å². The van der Waals surface area contributed by atoms with E-state index in [0.717, 1.165) is 5.56 Å². The first-order valence-corrected chi connectivity index (χ1v) is 6.03. The third-order valence-corrected chi connectivity index (χ3v) is 2.88. The lowest BCUT2D eigenvalue weighted by atomic mass is 10.1. The number of nitriles is 2. The molecule has 2 aromatic rings. The monoisotopic (exact) mass is 267 g/mol. The van der Waals surface area contributed by atoms with Gasteiger partial charge in [-0.15, -0.1) is 0 Å². The van der Waals surface area contributed by atoms with E-state index in [0.29, 0.717) is 28.4 Å². The smallest absolute Gasteiger partial charge is 0.101 e. The van der Waals surface area contributed by atoms with Crippen LogP contribution < -0.4 is 5.32 Å². The van der Waals surface area contributed by atoms with Gasteiger partial charge in [0.25, 0.3) is 0 Å². The Morgan fingerprint density at radius 3 is 2.63 bits per heavy atom. The zero-order valence-corrected chi connectivity index (χ0v) is 10.8. The van der Waals surface area contributed by atoms with Gasteiger partial charge in [0.1, 0.15) is 6.07 Å². The van der Waals surface area contributed by atoms with Crippen LogP contribution in [0.3, 0.4) is 0 Å². The van der Waals surface area contributed by atoms with Crippen molar-refractivity contribution >= 4 is 17.3 Å². The molecule has 0 saturated heterocycles. The summed E-state index contributed by atoms with van der Waals surface area (Å²) < 4.78 is 0. The van der Waals surface area contributed by atoms with Crippen molar-refractivity contribution < 1.29 is 0 Å². The Morgan fingerprint density at radius 1 is 1.05 bits per heavy atom. The van der Waals surface area contributed by atoms with Crippen molar-refractivity contribution in [1.82, 2.24) is 0 Å². The SMILES string of the molecule is N#Cc1cccc(CNc2cc(Cl)ccc2C#N)c1. The second-order valence-electron chi connectivity index (χ2n) is 3.97. The molecular formula is C15H10ClN3. The summed E-state index contributed by atoms with van der Waals surface area (Å²) in [7, 11) is 0. The van der Waals surface area contributed by atoms with Crippen molar-refractivity contribution in [1.29, 1.82) is 10.5 Å². The average Bonchev–Trinajstić information content (AvgIpc) is 2.45. The second kappa shape index (κ2) is 5.91. The number of halogens is 1. The summed E-state index contributed by atoms with van der Waals surface area (Å²) in [5.41, 5.74) is 2.83. The van der Waals surface area contributed by atoms with Gasteiger partial charge in [0.05, 0.1) is 22.9 Å². The molecule has 0 aliphatic carbocycles. The predicted octanol–water partition coefficient (Wildman–Crippen LogP) is 3.70. The van der Waals surface area contributed by atoms with E-state index in [4.69, 9.17) is 22.1 Å². The Kier molecular flexibility index (Phi) is 4.03. The summed E-state index contributed by atoms with van der Waals surface area (Å²) >= 11 is 5.91. The number of nitrogens with zero attached hydrogens (tertiary/aromatic N) is 2. The van der Waals surface area contributed by atoms with Crippen LogP contribution in [0.25, 0.3) is 0 Å². The third kappa shape index (κ3) is 3.25. The molecule has 0 saturated carbocycles. The maximum absolute atomic E-state index is 9.01. The number of nitrogens with one attached hydrogen (secondary N) is 1. The van der Waals surface area contributed by atoms with Gasteiger partial charge in [0, 0.05) is 11.6 Å².